The lowest BCUT2D eigenvalue weighted by Crippen LogP contribution is -2.57. The monoisotopic (exact) mass is 243 g/mol. The van der Waals surface area contributed by atoms with E-state index in [2.05, 4.69) is 0 Å². The van der Waals surface area contributed by atoms with Gasteiger partial charge in [-0.05, 0) is 27.2 Å². The van der Waals surface area contributed by atoms with E-state index in [0.717, 1.165) is 0 Å². The van der Waals surface area contributed by atoms with Crippen LogP contribution in [0, 0.1) is 5.41 Å². The van der Waals surface area contributed by atoms with Crippen molar-refractivity contribution in [3.63, 3.8) is 0 Å². The number of carbonyl (C=O) groups excluding carboxylic acids is 1. The second-order valence-electron chi connectivity index (χ2n) is 6.04. The Morgan fingerprint density at radius 1 is 1.35 bits per heavy atom. The molecule has 0 bridgehead atoms. The molecule has 0 radical (unpaired) electrons. The van der Waals surface area contributed by atoms with Crippen molar-refractivity contribution in [2.75, 3.05) is 13.1 Å². The van der Waals surface area contributed by atoms with Crippen LogP contribution in [0.15, 0.2) is 0 Å². The zero-order valence-corrected chi connectivity index (χ0v) is 10.9. The Kier molecular flexibility index (Phi) is 3.69. The first-order valence-corrected chi connectivity index (χ1v) is 5.81. The summed E-state index contributed by atoms with van der Waals surface area (Å²) in [4.78, 5) is 23.8. The minimum Gasteiger partial charge on any atom is -0.481 e. The quantitative estimate of drug-likeness (QED) is 0.824. The third kappa shape index (κ3) is 4.24. The molecule has 1 heterocycles. The summed E-state index contributed by atoms with van der Waals surface area (Å²) < 4.78 is 5.23. The van der Waals surface area contributed by atoms with Gasteiger partial charge in [0.1, 0.15) is 5.60 Å². The van der Waals surface area contributed by atoms with E-state index in [1.807, 2.05) is 27.7 Å². The smallest absolute Gasteiger partial charge is 0.410 e. The number of likely N-dealkylation sites (tertiary alicyclic amines) is 1. The van der Waals surface area contributed by atoms with Gasteiger partial charge in [0.05, 0.1) is 0 Å². The molecule has 1 aliphatic rings. The predicted octanol–water partition coefficient (Wildman–Crippen LogP) is 2.11. The summed E-state index contributed by atoms with van der Waals surface area (Å²) >= 11 is 0. The summed E-state index contributed by atoms with van der Waals surface area (Å²) in [6, 6.07) is 0. The topological polar surface area (TPSA) is 66.8 Å². The Balaban J connectivity index is 2.35. The van der Waals surface area contributed by atoms with Crippen LogP contribution in [-0.2, 0) is 9.53 Å². The molecule has 0 spiro atoms. The molecule has 5 heteroatoms. The van der Waals surface area contributed by atoms with Crippen molar-refractivity contribution in [3.8, 4) is 0 Å². The van der Waals surface area contributed by atoms with Crippen LogP contribution in [0.4, 0.5) is 4.79 Å². The highest BCUT2D eigenvalue weighted by atomic mass is 16.6. The number of amides is 1. The first-order chi connectivity index (χ1) is 7.61. The Hall–Kier alpha value is -1.26. The van der Waals surface area contributed by atoms with Crippen molar-refractivity contribution in [3.05, 3.63) is 0 Å². The molecule has 0 aromatic carbocycles. The number of nitrogens with zero attached hydrogens (tertiary/aromatic N) is 1. The standard InChI is InChI=1S/C12H21NO4/c1-11(2,3)17-10(16)13-7-12(4,8-13)6-5-9(14)15/h5-8H2,1-4H3,(H,14,15). The van der Waals surface area contributed by atoms with Gasteiger partial charge in [0, 0.05) is 24.9 Å². The predicted molar refractivity (Wildman–Crippen MR) is 62.8 cm³/mol. The third-order valence-electron chi connectivity index (χ3n) is 2.74. The molecule has 1 aliphatic heterocycles. The molecule has 1 N–H and O–H groups in total. The lowest BCUT2D eigenvalue weighted by molar-refractivity contribution is -0.138. The summed E-state index contributed by atoms with van der Waals surface area (Å²) in [5.41, 5.74) is -0.556. The molecule has 1 saturated heterocycles. The summed E-state index contributed by atoms with van der Waals surface area (Å²) in [7, 11) is 0. The van der Waals surface area contributed by atoms with Crippen LogP contribution in [0.5, 0.6) is 0 Å². The number of carbonyl (C=O) groups is 2. The van der Waals surface area contributed by atoms with Gasteiger partial charge in [-0.3, -0.25) is 4.79 Å². The van der Waals surface area contributed by atoms with Gasteiger partial charge in [0.25, 0.3) is 0 Å². The van der Waals surface area contributed by atoms with Crippen LogP contribution in [0.25, 0.3) is 0 Å². The molecule has 98 valence electrons. The van der Waals surface area contributed by atoms with Gasteiger partial charge in [0.15, 0.2) is 0 Å². The average molecular weight is 243 g/mol. The van der Waals surface area contributed by atoms with Crippen molar-refractivity contribution in [1.82, 2.24) is 4.90 Å². The molecule has 0 aromatic heterocycles. The van der Waals surface area contributed by atoms with Crippen LogP contribution < -0.4 is 0 Å². The largest absolute Gasteiger partial charge is 0.481 e. The summed E-state index contributed by atoms with van der Waals surface area (Å²) in [5.74, 6) is -0.790. The second-order valence-corrected chi connectivity index (χ2v) is 6.04. The van der Waals surface area contributed by atoms with Crippen LogP contribution in [0.2, 0.25) is 0 Å². The molecule has 0 aliphatic carbocycles. The molecular formula is C12H21NO4. The summed E-state index contributed by atoms with van der Waals surface area (Å²) in [5, 5.41) is 8.62. The molecule has 1 rings (SSSR count). The lowest BCUT2D eigenvalue weighted by atomic mass is 9.78. The van der Waals surface area contributed by atoms with Gasteiger partial charge in [-0.15, -0.1) is 0 Å². The molecule has 1 fully saturated rings. The molecule has 0 atom stereocenters. The van der Waals surface area contributed by atoms with E-state index in [4.69, 9.17) is 9.84 Å². The second kappa shape index (κ2) is 4.55. The Morgan fingerprint density at radius 3 is 2.29 bits per heavy atom. The van der Waals surface area contributed by atoms with E-state index in [-0.39, 0.29) is 17.9 Å². The molecule has 1 amide bonds. The van der Waals surface area contributed by atoms with Crippen molar-refractivity contribution in [2.45, 2.75) is 46.1 Å². The minimum atomic E-state index is -0.790. The van der Waals surface area contributed by atoms with Crippen LogP contribution in [0.1, 0.15) is 40.5 Å². The highest BCUT2D eigenvalue weighted by Gasteiger charge is 2.42. The Morgan fingerprint density at radius 2 is 1.88 bits per heavy atom. The number of rotatable bonds is 3. The molecule has 0 unspecified atom stereocenters. The van der Waals surface area contributed by atoms with E-state index in [9.17, 15) is 9.59 Å². The molecule has 17 heavy (non-hydrogen) atoms. The fourth-order valence-electron chi connectivity index (χ4n) is 1.90. The number of hydrogen-bond donors (Lipinski definition) is 1. The third-order valence-corrected chi connectivity index (χ3v) is 2.74. The molecule has 5 nitrogen and oxygen atoms in total. The average Bonchev–Trinajstić information content (AvgIpc) is 2.07. The van der Waals surface area contributed by atoms with Crippen LogP contribution in [0.3, 0.4) is 0 Å². The van der Waals surface area contributed by atoms with Gasteiger partial charge in [-0.2, -0.15) is 0 Å². The zero-order valence-electron chi connectivity index (χ0n) is 10.9. The molecule has 0 saturated carbocycles. The van der Waals surface area contributed by atoms with Crippen molar-refractivity contribution >= 4 is 12.1 Å². The maximum atomic E-state index is 11.7. The van der Waals surface area contributed by atoms with E-state index in [1.54, 1.807) is 4.90 Å². The lowest BCUT2D eigenvalue weighted by Gasteiger charge is -2.47. The maximum absolute atomic E-state index is 11.7. The molecule has 0 aromatic rings. The minimum absolute atomic E-state index is 0.0741. The van der Waals surface area contributed by atoms with Crippen LogP contribution in [-0.4, -0.2) is 40.8 Å². The number of hydrogen-bond acceptors (Lipinski definition) is 3. The Bertz CT molecular complexity index is 313. The van der Waals surface area contributed by atoms with Gasteiger partial charge in [-0.1, -0.05) is 6.92 Å². The Labute approximate surface area is 102 Å². The zero-order chi connectivity index (χ0) is 13.3. The highest BCUT2D eigenvalue weighted by molar-refractivity contribution is 5.70. The van der Waals surface area contributed by atoms with E-state index < -0.39 is 11.6 Å². The number of aliphatic carboxylic acids is 1. The fourth-order valence-corrected chi connectivity index (χ4v) is 1.90. The van der Waals surface area contributed by atoms with E-state index in [0.29, 0.717) is 19.5 Å². The first kappa shape index (κ1) is 13.8. The number of carboxylic acids is 1. The van der Waals surface area contributed by atoms with Gasteiger partial charge in [0.2, 0.25) is 0 Å². The van der Waals surface area contributed by atoms with Crippen molar-refractivity contribution in [1.29, 1.82) is 0 Å². The maximum Gasteiger partial charge on any atom is 0.410 e. The number of ether oxygens (including phenoxy) is 1. The SMILES string of the molecule is CC1(CCC(=O)O)CN(C(=O)OC(C)(C)C)C1. The normalized spacial score (nSPS) is 18.5. The molecular weight excluding hydrogens is 222 g/mol. The van der Waals surface area contributed by atoms with Gasteiger partial charge < -0.3 is 14.7 Å². The summed E-state index contributed by atoms with van der Waals surface area (Å²) in [6.45, 7) is 8.64. The van der Waals surface area contributed by atoms with Crippen LogP contribution >= 0.6 is 0 Å². The highest BCUT2D eigenvalue weighted by Crippen LogP contribution is 2.35. The van der Waals surface area contributed by atoms with Crippen molar-refractivity contribution < 1.29 is 19.4 Å². The van der Waals surface area contributed by atoms with E-state index in [1.165, 1.54) is 0 Å². The van der Waals surface area contributed by atoms with Gasteiger partial charge >= 0.3 is 12.1 Å². The summed E-state index contributed by atoms with van der Waals surface area (Å²) in [6.07, 6.45) is 0.436. The van der Waals surface area contributed by atoms with Gasteiger partial charge in [-0.25, -0.2) is 4.79 Å². The van der Waals surface area contributed by atoms with E-state index >= 15 is 0 Å². The first-order valence-electron chi connectivity index (χ1n) is 5.81. The van der Waals surface area contributed by atoms with Crippen molar-refractivity contribution in [2.24, 2.45) is 5.41 Å². The fraction of sp³-hybridized carbons (Fsp3) is 0.833. The number of carboxylic acid groups (broad SMARTS) is 1.